The lowest BCUT2D eigenvalue weighted by Crippen LogP contribution is -1.86. The summed E-state index contributed by atoms with van der Waals surface area (Å²) in [5.74, 6) is 0.605. The van der Waals surface area contributed by atoms with Crippen molar-refractivity contribution in [2.75, 3.05) is 7.11 Å². The van der Waals surface area contributed by atoms with Gasteiger partial charge in [-0.25, -0.2) is 4.98 Å². The van der Waals surface area contributed by atoms with Crippen molar-refractivity contribution in [3.05, 3.63) is 42.7 Å². The largest absolute Gasteiger partial charge is 0.504 e. The summed E-state index contributed by atoms with van der Waals surface area (Å²) in [7, 11) is 1.54. The molecular weight excluding hydrogens is 252 g/mol. The van der Waals surface area contributed by atoms with Gasteiger partial charge in [0.15, 0.2) is 11.5 Å². The maximum atomic E-state index is 9.61. The average Bonchev–Trinajstić information content (AvgIpc) is 2.98. The Morgan fingerprint density at radius 1 is 1.15 bits per heavy atom. The lowest BCUT2D eigenvalue weighted by Gasteiger charge is -2.07. The van der Waals surface area contributed by atoms with Gasteiger partial charge in [-0.2, -0.15) is 0 Å². The molecule has 0 radical (unpaired) electrons. The van der Waals surface area contributed by atoms with Gasteiger partial charge in [-0.15, -0.1) is 0 Å². The number of phenolic OH excluding ortho intramolecular Hbond substituents is 1. The third-order valence-corrected chi connectivity index (χ3v) is 2.95. The fourth-order valence-corrected chi connectivity index (χ4v) is 2.06. The van der Waals surface area contributed by atoms with E-state index >= 15 is 0 Å². The van der Waals surface area contributed by atoms with Crippen LogP contribution in [0.3, 0.4) is 0 Å². The van der Waals surface area contributed by atoms with E-state index in [2.05, 4.69) is 9.97 Å². The van der Waals surface area contributed by atoms with Gasteiger partial charge in [0.05, 0.1) is 7.11 Å². The Kier molecular flexibility index (Phi) is 4.25. The second-order valence-electron chi connectivity index (χ2n) is 3.99. The summed E-state index contributed by atoms with van der Waals surface area (Å²) >= 11 is 0. The minimum Gasteiger partial charge on any atom is -0.504 e. The number of fused-ring (bicyclic) bond motifs is 1. The van der Waals surface area contributed by atoms with Gasteiger partial charge in [-0.3, -0.25) is 0 Å². The molecule has 0 saturated carbocycles. The zero-order valence-corrected chi connectivity index (χ0v) is 11.8. The first-order chi connectivity index (χ1) is 9.79. The minimum absolute atomic E-state index is 0.139. The highest BCUT2D eigenvalue weighted by atomic mass is 16.5. The predicted octanol–water partition coefficient (Wildman–Crippen LogP) is 3.97. The topological polar surface area (TPSA) is 58.1 Å². The zero-order valence-electron chi connectivity index (χ0n) is 11.8. The van der Waals surface area contributed by atoms with E-state index in [0.29, 0.717) is 5.75 Å². The van der Waals surface area contributed by atoms with Crippen molar-refractivity contribution in [2.45, 2.75) is 13.8 Å². The summed E-state index contributed by atoms with van der Waals surface area (Å²) in [5.41, 5.74) is 2.88. The summed E-state index contributed by atoms with van der Waals surface area (Å²) in [6.45, 7) is 4.00. The SMILES string of the molecule is CC.COc1cc(-c2ccnc3[nH]ccc23)ccc1O. The number of phenols is 1. The molecule has 0 aliphatic rings. The van der Waals surface area contributed by atoms with Crippen LogP contribution in [0.1, 0.15) is 13.8 Å². The number of H-pyrrole nitrogens is 1. The Bertz CT molecular complexity index is 705. The van der Waals surface area contributed by atoms with Gasteiger partial charge in [-0.05, 0) is 35.4 Å². The monoisotopic (exact) mass is 270 g/mol. The van der Waals surface area contributed by atoms with Crippen LogP contribution in [0.4, 0.5) is 0 Å². The highest BCUT2D eigenvalue weighted by molar-refractivity contribution is 5.93. The van der Waals surface area contributed by atoms with Crippen molar-refractivity contribution in [2.24, 2.45) is 0 Å². The van der Waals surface area contributed by atoms with Gasteiger partial charge in [0.25, 0.3) is 0 Å². The molecule has 0 unspecified atom stereocenters. The predicted molar refractivity (Wildman–Crippen MR) is 81.1 cm³/mol. The highest BCUT2D eigenvalue weighted by Crippen LogP contribution is 2.33. The molecule has 0 atom stereocenters. The Balaban J connectivity index is 0.000000704. The molecule has 2 N–H and O–H groups in total. The molecule has 0 spiro atoms. The van der Waals surface area contributed by atoms with Crippen molar-refractivity contribution in [3.63, 3.8) is 0 Å². The molecule has 4 nitrogen and oxygen atoms in total. The van der Waals surface area contributed by atoms with Crippen LogP contribution in [-0.2, 0) is 0 Å². The Morgan fingerprint density at radius 2 is 1.95 bits per heavy atom. The number of ether oxygens (including phenoxy) is 1. The minimum atomic E-state index is 0.139. The quantitative estimate of drug-likeness (QED) is 0.740. The second-order valence-corrected chi connectivity index (χ2v) is 3.99. The number of pyridine rings is 1. The first kappa shape index (κ1) is 13.9. The number of methoxy groups -OCH3 is 1. The smallest absolute Gasteiger partial charge is 0.161 e. The molecule has 20 heavy (non-hydrogen) atoms. The van der Waals surface area contributed by atoms with E-state index in [0.717, 1.165) is 22.2 Å². The Labute approximate surface area is 118 Å². The number of rotatable bonds is 2. The van der Waals surface area contributed by atoms with Gasteiger partial charge >= 0.3 is 0 Å². The van der Waals surface area contributed by atoms with E-state index < -0.39 is 0 Å². The lowest BCUT2D eigenvalue weighted by atomic mass is 10.0. The van der Waals surface area contributed by atoms with Crippen molar-refractivity contribution < 1.29 is 9.84 Å². The summed E-state index contributed by atoms with van der Waals surface area (Å²) in [6.07, 6.45) is 3.62. The molecule has 2 aromatic heterocycles. The summed E-state index contributed by atoms with van der Waals surface area (Å²) in [6, 6.07) is 9.24. The molecule has 0 fully saturated rings. The van der Waals surface area contributed by atoms with Crippen molar-refractivity contribution in [1.29, 1.82) is 0 Å². The first-order valence-electron chi connectivity index (χ1n) is 6.59. The maximum Gasteiger partial charge on any atom is 0.161 e. The fraction of sp³-hybridized carbons (Fsp3) is 0.188. The van der Waals surface area contributed by atoms with Crippen molar-refractivity contribution in [3.8, 4) is 22.6 Å². The van der Waals surface area contributed by atoms with Gasteiger partial charge in [0.1, 0.15) is 5.65 Å². The first-order valence-corrected chi connectivity index (χ1v) is 6.59. The molecule has 3 rings (SSSR count). The molecule has 0 aliphatic heterocycles. The third-order valence-electron chi connectivity index (χ3n) is 2.95. The summed E-state index contributed by atoms with van der Waals surface area (Å²) in [5, 5.41) is 10.7. The number of aromatic nitrogens is 2. The van der Waals surface area contributed by atoms with E-state index in [4.69, 9.17) is 4.74 Å². The van der Waals surface area contributed by atoms with Crippen LogP contribution in [0.2, 0.25) is 0 Å². The normalized spacial score (nSPS) is 9.95. The van der Waals surface area contributed by atoms with E-state index in [1.54, 1.807) is 12.3 Å². The molecule has 1 aromatic carbocycles. The number of benzene rings is 1. The average molecular weight is 270 g/mol. The van der Waals surface area contributed by atoms with Crippen molar-refractivity contribution >= 4 is 11.0 Å². The van der Waals surface area contributed by atoms with Crippen LogP contribution in [0.5, 0.6) is 11.5 Å². The second kappa shape index (κ2) is 6.10. The molecule has 0 saturated heterocycles. The van der Waals surface area contributed by atoms with E-state index in [-0.39, 0.29) is 5.75 Å². The lowest BCUT2D eigenvalue weighted by molar-refractivity contribution is 0.373. The molecule has 0 amide bonds. The molecule has 2 heterocycles. The number of aromatic amines is 1. The molecule has 104 valence electrons. The number of nitrogens with zero attached hydrogens (tertiary/aromatic N) is 1. The van der Waals surface area contributed by atoms with E-state index in [1.165, 1.54) is 7.11 Å². The maximum absolute atomic E-state index is 9.61. The number of nitrogens with one attached hydrogen (secondary N) is 1. The van der Waals surface area contributed by atoms with Crippen LogP contribution in [0, 0.1) is 0 Å². The van der Waals surface area contributed by atoms with Crippen LogP contribution in [-0.4, -0.2) is 22.2 Å². The van der Waals surface area contributed by atoms with Crippen LogP contribution in [0.25, 0.3) is 22.2 Å². The summed E-state index contributed by atoms with van der Waals surface area (Å²) in [4.78, 5) is 7.33. The van der Waals surface area contributed by atoms with E-state index in [9.17, 15) is 5.11 Å². The Hall–Kier alpha value is -2.49. The number of hydrogen-bond acceptors (Lipinski definition) is 3. The molecular formula is C16H18N2O2. The number of hydrogen-bond donors (Lipinski definition) is 2. The fourth-order valence-electron chi connectivity index (χ4n) is 2.06. The van der Waals surface area contributed by atoms with Crippen LogP contribution >= 0.6 is 0 Å². The molecule has 0 aliphatic carbocycles. The van der Waals surface area contributed by atoms with Crippen LogP contribution in [0.15, 0.2) is 42.7 Å². The van der Waals surface area contributed by atoms with Gasteiger partial charge in [-0.1, -0.05) is 19.9 Å². The van der Waals surface area contributed by atoms with Crippen LogP contribution < -0.4 is 4.74 Å². The van der Waals surface area contributed by atoms with Gasteiger partial charge in [0, 0.05) is 17.8 Å². The van der Waals surface area contributed by atoms with Gasteiger partial charge in [0.2, 0.25) is 0 Å². The number of aromatic hydroxyl groups is 1. The highest BCUT2D eigenvalue weighted by Gasteiger charge is 2.08. The third kappa shape index (κ3) is 2.45. The molecule has 0 bridgehead atoms. The standard InChI is InChI=1S/C14H12N2O2.C2H6/c1-18-13-8-9(2-3-12(13)17)10-4-6-15-14-11(10)5-7-16-14;1-2/h2-8,17H,1H3,(H,15,16);1-2H3. The zero-order chi connectivity index (χ0) is 14.5. The molecule has 3 aromatic rings. The molecule has 4 heteroatoms. The summed E-state index contributed by atoms with van der Waals surface area (Å²) < 4.78 is 5.13. The van der Waals surface area contributed by atoms with E-state index in [1.807, 2.05) is 44.3 Å². The Morgan fingerprint density at radius 3 is 2.70 bits per heavy atom. The van der Waals surface area contributed by atoms with Gasteiger partial charge < -0.3 is 14.8 Å². The van der Waals surface area contributed by atoms with Crippen molar-refractivity contribution in [1.82, 2.24) is 9.97 Å².